The molecule has 27 heavy (non-hydrogen) atoms. The van der Waals surface area contributed by atoms with E-state index in [2.05, 4.69) is 26.2 Å². The van der Waals surface area contributed by atoms with Crippen molar-refractivity contribution in [1.82, 2.24) is 25.5 Å². The molecule has 0 spiro atoms. The molecule has 8 nitrogen and oxygen atoms in total. The van der Waals surface area contributed by atoms with Crippen molar-refractivity contribution >= 4 is 17.5 Å². The van der Waals surface area contributed by atoms with Crippen LogP contribution in [0.5, 0.6) is 0 Å². The number of rotatable bonds is 7. The van der Waals surface area contributed by atoms with E-state index in [1.807, 2.05) is 48.5 Å². The van der Waals surface area contributed by atoms with Gasteiger partial charge in [-0.3, -0.25) is 9.59 Å². The van der Waals surface area contributed by atoms with E-state index in [4.69, 9.17) is 0 Å². The Morgan fingerprint density at radius 3 is 2.56 bits per heavy atom. The van der Waals surface area contributed by atoms with Crippen LogP contribution in [0.15, 0.2) is 60.9 Å². The topological polar surface area (TPSA) is 102 Å². The van der Waals surface area contributed by atoms with E-state index in [1.165, 1.54) is 17.9 Å². The number of aromatic nitrogens is 4. The summed E-state index contributed by atoms with van der Waals surface area (Å²) in [6.07, 6.45) is 1.91. The second kappa shape index (κ2) is 8.70. The Labute approximate surface area is 156 Å². The minimum absolute atomic E-state index is 0.141. The Morgan fingerprint density at radius 1 is 1.07 bits per heavy atom. The third-order valence-corrected chi connectivity index (χ3v) is 3.97. The number of amides is 2. The molecule has 0 aliphatic heterocycles. The Hall–Kier alpha value is -3.55. The highest BCUT2D eigenvalue weighted by atomic mass is 16.2. The van der Waals surface area contributed by atoms with Gasteiger partial charge >= 0.3 is 0 Å². The molecule has 0 saturated carbocycles. The molecule has 1 aromatic heterocycles. The molecule has 138 valence electrons. The van der Waals surface area contributed by atoms with Crippen LogP contribution in [0.4, 0.5) is 5.69 Å². The minimum Gasteiger partial charge on any atom is -0.350 e. The number of nitrogens with one attached hydrogen (secondary N) is 2. The van der Waals surface area contributed by atoms with Gasteiger partial charge in [-0.15, -0.1) is 5.10 Å². The second-order valence-corrected chi connectivity index (χ2v) is 6.09. The van der Waals surface area contributed by atoms with Crippen LogP contribution in [0, 0.1) is 0 Å². The summed E-state index contributed by atoms with van der Waals surface area (Å²) in [6.45, 7) is 1.79. The van der Waals surface area contributed by atoms with Gasteiger partial charge in [0, 0.05) is 25.6 Å². The smallest absolute Gasteiger partial charge is 0.245 e. The monoisotopic (exact) mass is 364 g/mol. The van der Waals surface area contributed by atoms with Gasteiger partial charge in [0.2, 0.25) is 11.8 Å². The van der Waals surface area contributed by atoms with Gasteiger partial charge < -0.3 is 10.6 Å². The lowest BCUT2D eigenvalue weighted by molar-refractivity contribution is -0.124. The number of hydrogen-bond acceptors (Lipinski definition) is 5. The zero-order chi connectivity index (χ0) is 19.1. The average Bonchev–Trinajstić information content (AvgIpc) is 3.19. The van der Waals surface area contributed by atoms with Gasteiger partial charge in [0.25, 0.3) is 0 Å². The molecule has 0 aliphatic carbocycles. The number of hydrogen-bond donors (Lipinski definition) is 2. The molecule has 0 aliphatic rings. The Morgan fingerprint density at radius 2 is 1.85 bits per heavy atom. The molecule has 1 unspecified atom stereocenters. The predicted octanol–water partition coefficient (Wildman–Crippen LogP) is 1.73. The zero-order valence-electron chi connectivity index (χ0n) is 14.9. The molecule has 1 heterocycles. The first-order valence-corrected chi connectivity index (χ1v) is 8.52. The van der Waals surface area contributed by atoms with Gasteiger partial charge in [0.15, 0.2) is 0 Å². The molecule has 1 atom stereocenters. The van der Waals surface area contributed by atoms with Crippen molar-refractivity contribution in [3.05, 3.63) is 72.1 Å². The lowest BCUT2D eigenvalue weighted by atomic mass is 10.1. The van der Waals surface area contributed by atoms with Crippen LogP contribution in [-0.2, 0) is 22.6 Å². The van der Waals surface area contributed by atoms with E-state index in [0.717, 1.165) is 11.1 Å². The van der Waals surface area contributed by atoms with Crippen LogP contribution in [0.2, 0.25) is 0 Å². The van der Waals surface area contributed by atoms with Gasteiger partial charge in [0.1, 0.15) is 12.4 Å². The molecule has 3 aromatic rings. The van der Waals surface area contributed by atoms with Crippen molar-refractivity contribution < 1.29 is 9.59 Å². The maximum Gasteiger partial charge on any atom is 0.245 e. The summed E-state index contributed by atoms with van der Waals surface area (Å²) in [5, 5.41) is 16.8. The van der Waals surface area contributed by atoms with Crippen molar-refractivity contribution in [3.8, 4) is 0 Å². The Kier molecular flexibility index (Phi) is 5.88. The highest BCUT2D eigenvalue weighted by Gasteiger charge is 2.22. The number of anilines is 1. The van der Waals surface area contributed by atoms with Gasteiger partial charge in [-0.25, -0.2) is 4.68 Å². The fourth-order valence-electron chi connectivity index (χ4n) is 2.72. The first-order chi connectivity index (χ1) is 13.1. The van der Waals surface area contributed by atoms with Gasteiger partial charge in [-0.2, -0.15) is 0 Å². The van der Waals surface area contributed by atoms with Crippen molar-refractivity contribution in [2.75, 3.05) is 5.32 Å². The predicted molar refractivity (Wildman–Crippen MR) is 99.6 cm³/mol. The first kappa shape index (κ1) is 18.2. The number of nitrogens with zero attached hydrogens (tertiary/aromatic N) is 4. The zero-order valence-corrected chi connectivity index (χ0v) is 14.9. The van der Waals surface area contributed by atoms with Crippen LogP contribution in [0.3, 0.4) is 0 Å². The number of tetrazole rings is 1. The van der Waals surface area contributed by atoms with E-state index >= 15 is 0 Å². The molecule has 2 amide bonds. The van der Waals surface area contributed by atoms with Gasteiger partial charge in [-0.05, 0) is 33.7 Å². The van der Waals surface area contributed by atoms with Gasteiger partial charge in [0.05, 0.1) is 0 Å². The second-order valence-electron chi connectivity index (χ2n) is 6.09. The third-order valence-electron chi connectivity index (χ3n) is 3.97. The summed E-state index contributed by atoms with van der Waals surface area (Å²) in [6, 6.07) is 16.5. The normalized spacial score (nSPS) is 11.6. The summed E-state index contributed by atoms with van der Waals surface area (Å²) in [5.74, 6) is -0.325. The number of benzene rings is 2. The van der Waals surface area contributed by atoms with E-state index in [9.17, 15) is 9.59 Å². The van der Waals surface area contributed by atoms with Crippen LogP contribution in [0.1, 0.15) is 24.1 Å². The fourth-order valence-corrected chi connectivity index (χ4v) is 2.72. The third kappa shape index (κ3) is 5.21. The van der Waals surface area contributed by atoms with Crippen molar-refractivity contribution in [2.24, 2.45) is 0 Å². The van der Waals surface area contributed by atoms with Crippen LogP contribution < -0.4 is 10.6 Å². The van der Waals surface area contributed by atoms with Crippen molar-refractivity contribution in [1.29, 1.82) is 0 Å². The molecule has 0 fully saturated rings. The maximum absolute atomic E-state index is 12.8. The number of carbonyl (C=O) groups is 2. The molecule has 0 saturated heterocycles. The highest BCUT2D eigenvalue weighted by molar-refractivity contribution is 5.88. The largest absolute Gasteiger partial charge is 0.350 e. The Bertz CT molecular complexity index is 896. The van der Waals surface area contributed by atoms with Crippen molar-refractivity contribution in [2.45, 2.75) is 25.9 Å². The van der Waals surface area contributed by atoms with E-state index in [0.29, 0.717) is 18.7 Å². The summed E-state index contributed by atoms with van der Waals surface area (Å²) in [7, 11) is 0. The number of carbonyl (C=O) groups excluding carboxylic acids is 2. The molecule has 2 N–H and O–H groups in total. The quantitative estimate of drug-likeness (QED) is 0.665. The lowest BCUT2D eigenvalue weighted by Crippen LogP contribution is -2.34. The Balaban J connectivity index is 1.69. The standard InChI is InChI=1S/C19H20N6O2/c1-14(26)22-17-9-5-8-16(10-17)12-20-19(27)18(25-13-21-23-24-25)11-15-6-3-2-4-7-15/h2-10,13,18H,11-12H2,1H3,(H,20,27)(H,22,26). The molecule has 8 heteroatoms. The molecule has 0 bridgehead atoms. The summed E-state index contributed by atoms with van der Waals surface area (Å²) < 4.78 is 1.45. The van der Waals surface area contributed by atoms with E-state index in [1.54, 1.807) is 6.07 Å². The summed E-state index contributed by atoms with van der Waals surface area (Å²) in [5.41, 5.74) is 2.58. The molecular weight excluding hydrogens is 344 g/mol. The molecule has 3 rings (SSSR count). The molecule has 2 aromatic carbocycles. The first-order valence-electron chi connectivity index (χ1n) is 8.52. The average molecular weight is 364 g/mol. The van der Waals surface area contributed by atoms with E-state index < -0.39 is 6.04 Å². The van der Waals surface area contributed by atoms with Crippen LogP contribution >= 0.6 is 0 Å². The lowest BCUT2D eigenvalue weighted by Gasteiger charge is -2.16. The van der Waals surface area contributed by atoms with Gasteiger partial charge in [-0.1, -0.05) is 42.5 Å². The highest BCUT2D eigenvalue weighted by Crippen LogP contribution is 2.14. The van der Waals surface area contributed by atoms with Crippen LogP contribution in [-0.4, -0.2) is 32.0 Å². The van der Waals surface area contributed by atoms with E-state index in [-0.39, 0.29) is 11.8 Å². The molecule has 0 radical (unpaired) electrons. The fraction of sp³-hybridized carbons (Fsp3) is 0.211. The van der Waals surface area contributed by atoms with Crippen LogP contribution in [0.25, 0.3) is 0 Å². The van der Waals surface area contributed by atoms with Crippen molar-refractivity contribution in [3.63, 3.8) is 0 Å². The summed E-state index contributed by atoms with van der Waals surface area (Å²) >= 11 is 0. The molecular formula is C19H20N6O2. The summed E-state index contributed by atoms with van der Waals surface area (Å²) in [4.78, 5) is 24.0. The minimum atomic E-state index is -0.555. The maximum atomic E-state index is 12.8. The SMILES string of the molecule is CC(=O)Nc1cccc(CNC(=O)C(Cc2ccccc2)n2cnnn2)c1.